The van der Waals surface area contributed by atoms with Crippen LogP contribution in [-0.2, 0) is 6.42 Å². The van der Waals surface area contributed by atoms with Crippen LogP contribution in [0.4, 0.5) is 4.39 Å². The van der Waals surface area contributed by atoms with E-state index in [0.29, 0.717) is 12.0 Å². The number of hydrogen-bond donors (Lipinski definition) is 1. The molecule has 2 N–H and O–H groups in total. The zero-order valence-electron chi connectivity index (χ0n) is 12.0. The van der Waals surface area contributed by atoms with Crippen LogP contribution in [0, 0.1) is 19.7 Å². The summed E-state index contributed by atoms with van der Waals surface area (Å²) in [6, 6.07) is 6.15. The van der Waals surface area contributed by atoms with Crippen molar-refractivity contribution in [2.45, 2.75) is 26.3 Å². The second-order valence-electron chi connectivity index (χ2n) is 4.88. The van der Waals surface area contributed by atoms with Gasteiger partial charge in [-0.25, -0.2) is 4.39 Å². The molecule has 0 fully saturated rings. The van der Waals surface area contributed by atoms with Crippen molar-refractivity contribution in [1.82, 2.24) is 4.98 Å². The maximum absolute atomic E-state index is 13.7. The molecule has 2 aromatic rings. The minimum absolute atomic E-state index is 0.281. The van der Waals surface area contributed by atoms with Gasteiger partial charge in [0.25, 0.3) is 0 Å². The first-order chi connectivity index (χ1) is 9.54. The van der Waals surface area contributed by atoms with Crippen molar-refractivity contribution >= 4 is 0 Å². The van der Waals surface area contributed by atoms with E-state index < -0.39 is 6.04 Å². The van der Waals surface area contributed by atoms with Crippen LogP contribution in [0.5, 0.6) is 5.75 Å². The number of rotatable bonds is 4. The van der Waals surface area contributed by atoms with E-state index in [1.165, 1.54) is 6.07 Å². The summed E-state index contributed by atoms with van der Waals surface area (Å²) in [5.41, 5.74) is 9.39. The molecule has 1 aromatic heterocycles. The summed E-state index contributed by atoms with van der Waals surface area (Å²) < 4.78 is 19.1. The topological polar surface area (TPSA) is 48.1 Å². The molecule has 0 spiro atoms. The molecule has 0 radical (unpaired) electrons. The average molecular weight is 274 g/mol. The number of benzene rings is 1. The molecule has 0 saturated heterocycles. The van der Waals surface area contributed by atoms with E-state index in [2.05, 4.69) is 4.98 Å². The van der Waals surface area contributed by atoms with Crippen LogP contribution >= 0.6 is 0 Å². The molecule has 0 amide bonds. The highest BCUT2D eigenvalue weighted by Gasteiger charge is 2.16. The number of nitrogens with two attached hydrogens (primary N) is 1. The first-order valence-corrected chi connectivity index (χ1v) is 6.53. The molecule has 0 aliphatic heterocycles. The smallest absolute Gasteiger partial charge is 0.128 e. The predicted molar refractivity (Wildman–Crippen MR) is 77.3 cm³/mol. The Morgan fingerprint density at radius 1 is 1.30 bits per heavy atom. The minimum Gasteiger partial charge on any atom is -0.496 e. The van der Waals surface area contributed by atoms with Gasteiger partial charge in [-0.1, -0.05) is 18.2 Å². The number of aromatic nitrogens is 1. The van der Waals surface area contributed by atoms with Gasteiger partial charge in [0.05, 0.1) is 7.11 Å². The molecule has 20 heavy (non-hydrogen) atoms. The normalized spacial score (nSPS) is 12.2. The molecule has 4 heteroatoms. The molecule has 0 aliphatic rings. The highest BCUT2D eigenvalue weighted by Crippen LogP contribution is 2.27. The summed E-state index contributed by atoms with van der Waals surface area (Å²) in [6.07, 6.45) is 2.23. The van der Waals surface area contributed by atoms with E-state index >= 15 is 0 Å². The lowest BCUT2D eigenvalue weighted by molar-refractivity contribution is 0.406. The van der Waals surface area contributed by atoms with E-state index in [4.69, 9.17) is 10.5 Å². The van der Waals surface area contributed by atoms with Crippen LogP contribution < -0.4 is 10.5 Å². The fourth-order valence-corrected chi connectivity index (χ4v) is 2.37. The van der Waals surface area contributed by atoms with Crippen molar-refractivity contribution in [1.29, 1.82) is 0 Å². The van der Waals surface area contributed by atoms with Gasteiger partial charge in [0.2, 0.25) is 0 Å². The Bertz CT molecular complexity index is 613. The van der Waals surface area contributed by atoms with Gasteiger partial charge < -0.3 is 10.5 Å². The fraction of sp³-hybridized carbons (Fsp3) is 0.312. The quantitative estimate of drug-likeness (QED) is 0.932. The van der Waals surface area contributed by atoms with Gasteiger partial charge in [0, 0.05) is 41.0 Å². The van der Waals surface area contributed by atoms with E-state index in [1.807, 2.05) is 13.8 Å². The molecule has 2 rings (SSSR count). The van der Waals surface area contributed by atoms with Gasteiger partial charge in [-0.15, -0.1) is 0 Å². The molecule has 1 atom stereocenters. The number of methoxy groups -OCH3 is 1. The van der Waals surface area contributed by atoms with E-state index in [0.717, 1.165) is 22.6 Å². The highest BCUT2D eigenvalue weighted by atomic mass is 19.1. The van der Waals surface area contributed by atoms with Crippen LogP contribution in [0.3, 0.4) is 0 Å². The number of aryl methyl sites for hydroxylation is 1. The van der Waals surface area contributed by atoms with Crippen LogP contribution in [-0.4, -0.2) is 12.1 Å². The largest absolute Gasteiger partial charge is 0.496 e. The van der Waals surface area contributed by atoms with Crippen LogP contribution in [0.2, 0.25) is 0 Å². The van der Waals surface area contributed by atoms with Crippen LogP contribution in [0.25, 0.3) is 0 Å². The van der Waals surface area contributed by atoms with Gasteiger partial charge >= 0.3 is 0 Å². The first-order valence-electron chi connectivity index (χ1n) is 6.53. The molecule has 1 heterocycles. The Morgan fingerprint density at radius 2 is 2.00 bits per heavy atom. The van der Waals surface area contributed by atoms with Crippen molar-refractivity contribution in [3.05, 3.63) is 58.7 Å². The molecule has 0 aliphatic carbocycles. The summed E-state index contributed by atoms with van der Waals surface area (Å²) in [7, 11) is 1.63. The van der Waals surface area contributed by atoms with Crippen molar-refractivity contribution in [3.63, 3.8) is 0 Å². The Kier molecular flexibility index (Phi) is 4.35. The summed E-state index contributed by atoms with van der Waals surface area (Å²) in [4.78, 5) is 4.40. The number of halogens is 1. The second kappa shape index (κ2) is 6.01. The van der Waals surface area contributed by atoms with Gasteiger partial charge in [-0.05, 0) is 19.9 Å². The van der Waals surface area contributed by atoms with Crippen molar-refractivity contribution in [3.8, 4) is 5.75 Å². The molecule has 0 bridgehead atoms. The lowest BCUT2D eigenvalue weighted by Crippen LogP contribution is -2.16. The summed E-state index contributed by atoms with van der Waals surface area (Å²) >= 11 is 0. The molecular weight excluding hydrogens is 255 g/mol. The molecule has 1 unspecified atom stereocenters. The summed E-state index contributed by atoms with van der Waals surface area (Å²) in [5.74, 6) is 0.535. The molecule has 0 saturated carbocycles. The highest BCUT2D eigenvalue weighted by molar-refractivity contribution is 5.41. The lowest BCUT2D eigenvalue weighted by atomic mass is 9.99. The molecule has 3 nitrogen and oxygen atoms in total. The Hall–Kier alpha value is -1.94. The minimum atomic E-state index is -0.421. The third kappa shape index (κ3) is 2.80. The van der Waals surface area contributed by atoms with Crippen LogP contribution in [0.15, 0.2) is 30.5 Å². The van der Waals surface area contributed by atoms with Crippen LogP contribution in [0.1, 0.15) is 28.4 Å². The second-order valence-corrected chi connectivity index (χ2v) is 4.88. The Morgan fingerprint density at radius 3 is 2.65 bits per heavy atom. The maximum atomic E-state index is 13.7. The zero-order chi connectivity index (χ0) is 14.7. The first kappa shape index (κ1) is 14.5. The summed E-state index contributed by atoms with van der Waals surface area (Å²) in [6.45, 7) is 3.89. The number of pyridine rings is 1. The van der Waals surface area contributed by atoms with E-state index in [1.54, 1.807) is 31.5 Å². The number of ether oxygens (including phenoxy) is 1. The van der Waals surface area contributed by atoms with E-state index in [9.17, 15) is 4.39 Å². The van der Waals surface area contributed by atoms with Crippen molar-refractivity contribution in [2.24, 2.45) is 5.73 Å². The predicted octanol–water partition coefficient (Wildman–Crippen LogP) is 3.09. The molecular formula is C16H19FN2O. The lowest BCUT2D eigenvalue weighted by Gasteiger charge is -2.16. The number of hydrogen-bond acceptors (Lipinski definition) is 3. The van der Waals surface area contributed by atoms with E-state index in [-0.39, 0.29) is 5.82 Å². The maximum Gasteiger partial charge on any atom is 0.128 e. The standard InChI is InChI=1S/C16H19FN2O/c1-10-9-19-15(11(2)16(10)20-3)8-14(18)12-6-4-5-7-13(12)17/h4-7,9,14H,8,18H2,1-3H3. The Labute approximate surface area is 118 Å². The third-order valence-electron chi connectivity index (χ3n) is 3.47. The zero-order valence-corrected chi connectivity index (χ0v) is 12.0. The third-order valence-corrected chi connectivity index (χ3v) is 3.47. The van der Waals surface area contributed by atoms with Gasteiger partial charge in [0.15, 0.2) is 0 Å². The molecule has 1 aromatic carbocycles. The van der Waals surface area contributed by atoms with Gasteiger partial charge in [-0.2, -0.15) is 0 Å². The number of nitrogens with zero attached hydrogens (tertiary/aromatic N) is 1. The SMILES string of the molecule is COc1c(C)cnc(CC(N)c2ccccc2F)c1C. The summed E-state index contributed by atoms with van der Waals surface area (Å²) in [5, 5.41) is 0. The van der Waals surface area contributed by atoms with Gasteiger partial charge in [0.1, 0.15) is 11.6 Å². The van der Waals surface area contributed by atoms with Gasteiger partial charge in [-0.3, -0.25) is 4.98 Å². The van der Waals surface area contributed by atoms with Crippen molar-refractivity contribution in [2.75, 3.05) is 7.11 Å². The van der Waals surface area contributed by atoms with Crippen molar-refractivity contribution < 1.29 is 9.13 Å². The Balaban J connectivity index is 2.29. The average Bonchev–Trinajstić information content (AvgIpc) is 2.43. The fourth-order valence-electron chi connectivity index (χ4n) is 2.37. The molecule has 106 valence electrons. The monoisotopic (exact) mass is 274 g/mol.